The number of hydrogen-bond acceptors (Lipinski definition) is 6. The van der Waals surface area contributed by atoms with Gasteiger partial charge in [-0.25, -0.2) is 9.78 Å². The second kappa shape index (κ2) is 6.27. The number of nitrogens with zero attached hydrogens (tertiary/aromatic N) is 3. The number of rotatable bonds is 3. The zero-order valence-corrected chi connectivity index (χ0v) is 12.3. The predicted molar refractivity (Wildman–Crippen MR) is 82.0 cm³/mol. The van der Waals surface area contributed by atoms with Crippen LogP contribution in [-0.4, -0.2) is 30.2 Å². The molecule has 8 heteroatoms. The number of nitrogen functional groups attached to an aromatic ring is 1. The van der Waals surface area contributed by atoms with Crippen LogP contribution in [0.15, 0.2) is 30.3 Å². The van der Waals surface area contributed by atoms with Crippen LogP contribution in [0.2, 0.25) is 5.15 Å². The lowest BCUT2D eigenvalue weighted by Gasteiger charge is -2.16. The number of nitrogens with one attached hydrogen (secondary N) is 1. The highest BCUT2D eigenvalue weighted by molar-refractivity contribution is 6.29. The lowest BCUT2D eigenvalue weighted by Crippen LogP contribution is -2.25. The van der Waals surface area contributed by atoms with E-state index in [-0.39, 0.29) is 11.1 Å². The Kier molecular flexibility index (Phi) is 4.44. The number of aromatic nitrogens is 2. The molecule has 1 aromatic carbocycles. The van der Waals surface area contributed by atoms with E-state index in [0.29, 0.717) is 11.5 Å². The maximum atomic E-state index is 11.4. The highest BCUT2D eigenvalue weighted by Crippen LogP contribution is 2.21. The van der Waals surface area contributed by atoms with Crippen LogP contribution in [0.25, 0.3) is 0 Å². The van der Waals surface area contributed by atoms with Crippen molar-refractivity contribution in [2.75, 3.05) is 30.1 Å². The van der Waals surface area contributed by atoms with Crippen molar-refractivity contribution in [2.24, 2.45) is 0 Å². The Morgan fingerprint density at radius 3 is 2.57 bits per heavy atom. The fraction of sp³-hybridized carbons (Fsp3) is 0.154. The van der Waals surface area contributed by atoms with Gasteiger partial charge >= 0.3 is 6.09 Å². The van der Waals surface area contributed by atoms with E-state index in [2.05, 4.69) is 20.0 Å². The number of ether oxygens (including phenoxy) is 1. The third kappa shape index (κ3) is 3.73. The van der Waals surface area contributed by atoms with Crippen LogP contribution in [0.5, 0.6) is 0 Å². The van der Waals surface area contributed by atoms with Crippen LogP contribution < -0.4 is 16.0 Å². The van der Waals surface area contributed by atoms with Crippen molar-refractivity contribution in [3.63, 3.8) is 0 Å². The Balaban J connectivity index is 2.14. The highest BCUT2D eigenvalue weighted by atomic mass is 35.5. The summed E-state index contributed by atoms with van der Waals surface area (Å²) in [6, 6.07) is 8.69. The summed E-state index contributed by atoms with van der Waals surface area (Å²) in [5.74, 6) is 0.577. The average molecular weight is 308 g/mol. The van der Waals surface area contributed by atoms with Gasteiger partial charge in [-0.1, -0.05) is 11.6 Å². The first-order valence-electron chi connectivity index (χ1n) is 5.98. The second-order valence-electron chi connectivity index (χ2n) is 4.14. The summed E-state index contributed by atoms with van der Waals surface area (Å²) >= 11 is 5.80. The van der Waals surface area contributed by atoms with Gasteiger partial charge in [0.15, 0.2) is 0 Å². The van der Waals surface area contributed by atoms with Gasteiger partial charge in [-0.05, 0) is 24.3 Å². The molecule has 21 heavy (non-hydrogen) atoms. The van der Waals surface area contributed by atoms with Gasteiger partial charge in [-0.15, -0.1) is 0 Å². The summed E-state index contributed by atoms with van der Waals surface area (Å²) in [5.41, 5.74) is 6.99. The van der Waals surface area contributed by atoms with Gasteiger partial charge in [-0.3, -0.25) is 4.90 Å². The van der Waals surface area contributed by atoms with E-state index in [9.17, 15) is 4.79 Å². The SMILES string of the molecule is COC(=O)N(C)c1ccc(Nc2cc(Cl)nc(N)n2)cc1. The molecule has 1 aromatic heterocycles. The molecule has 0 spiro atoms. The molecule has 0 saturated carbocycles. The number of carbonyl (C=O) groups is 1. The van der Waals surface area contributed by atoms with E-state index in [1.165, 1.54) is 12.0 Å². The smallest absolute Gasteiger partial charge is 0.413 e. The monoisotopic (exact) mass is 307 g/mol. The number of anilines is 4. The molecule has 0 unspecified atom stereocenters. The maximum absolute atomic E-state index is 11.4. The Hall–Kier alpha value is -2.54. The molecule has 0 atom stereocenters. The Labute approximate surface area is 126 Å². The van der Waals surface area contributed by atoms with Crippen molar-refractivity contribution in [1.82, 2.24) is 9.97 Å². The molecule has 0 aliphatic rings. The summed E-state index contributed by atoms with van der Waals surface area (Å²) in [5, 5.41) is 3.30. The number of nitrogens with two attached hydrogens (primary N) is 1. The fourth-order valence-electron chi connectivity index (χ4n) is 1.66. The van der Waals surface area contributed by atoms with E-state index in [1.807, 2.05) is 0 Å². The van der Waals surface area contributed by atoms with Crippen LogP contribution in [0, 0.1) is 0 Å². The van der Waals surface area contributed by atoms with Crippen molar-refractivity contribution < 1.29 is 9.53 Å². The first-order valence-corrected chi connectivity index (χ1v) is 6.36. The summed E-state index contributed by atoms with van der Waals surface area (Å²) in [4.78, 5) is 20.6. The number of hydrogen-bond donors (Lipinski definition) is 2. The molecule has 1 heterocycles. The Morgan fingerprint density at radius 2 is 2.00 bits per heavy atom. The Bertz CT molecular complexity index is 627. The van der Waals surface area contributed by atoms with Crippen LogP contribution in [0.4, 0.5) is 27.9 Å². The lowest BCUT2D eigenvalue weighted by atomic mass is 10.2. The molecule has 0 aliphatic carbocycles. The number of amides is 1. The molecule has 0 bridgehead atoms. The van der Waals surface area contributed by atoms with Gasteiger partial charge < -0.3 is 15.8 Å². The fourth-order valence-corrected chi connectivity index (χ4v) is 1.85. The first-order chi connectivity index (χ1) is 9.99. The van der Waals surface area contributed by atoms with Crippen molar-refractivity contribution >= 4 is 40.8 Å². The van der Waals surface area contributed by atoms with Crippen molar-refractivity contribution in [1.29, 1.82) is 0 Å². The Morgan fingerprint density at radius 1 is 1.33 bits per heavy atom. The number of halogens is 1. The summed E-state index contributed by atoms with van der Waals surface area (Å²) in [6.45, 7) is 0. The number of carbonyl (C=O) groups excluding carboxylic acids is 1. The molecule has 2 rings (SSSR count). The zero-order valence-electron chi connectivity index (χ0n) is 11.5. The van der Waals surface area contributed by atoms with Crippen molar-refractivity contribution in [3.05, 3.63) is 35.5 Å². The van der Waals surface area contributed by atoms with E-state index in [0.717, 1.165) is 5.69 Å². The topological polar surface area (TPSA) is 93.4 Å². The molecule has 3 N–H and O–H groups in total. The summed E-state index contributed by atoms with van der Waals surface area (Å²) in [6.07, 6.45) is -0.439. The minimum absolute atomic E-state index is 0.0899. The van der Waals surface area contributed by atoms with Gasteiger partial charge in [0.1, 0.15) is 11.0 Å². The molecular weight excluding hydrogens is 294 g/mol. The summed E-state index contributed by atoms with van der Waals surface area (Å²) in [7, 11) is 2.96. The van der Waals surface area contributed by atoms with E-state index in [4.69, 9.17) is 17.3 Å². The largest absolute Gasteiger partial charge is 0.452 e. The predicted octanol–water partition coefficient (Wildman–Crippen LogP) is 2.66. The van der Waals surface area contributed by atoms with Crippen LogP contribution in [0.3, 0.4) is 0 Å². The quantitative estimate of drug-likeness (QED) is 0.847. The molecular formula is C13H14ClN5O2. The third-order valence-electron chi connectivity index (χ3n) is 2.69. The molecule has 110 valence electrons. The van der Waals surface area contributed by atoms with Gasteiger partial charge in [0.25, 0.3) is 0 Å². The van der Waals surface area contributed by atoms with Crippen LogP contribution in [0.1, 0.15) is 0 Å². The number of benzene rings is 1. The van der Waals surface area contributed by atoms with Crippen LogP contribution >= 0.6 is 11.6 Å². The number of methoxy groups -OCH3 is 1. The maximum Gasteiger partial charge on any atom is 0.413 e. The zero-order chi connectivity index (χ0) is 15.4. The van der Waals surface area contributed by atoms with E-state index >= 15 is 0 Å². The average Bonchev–Trinajstić information content (AvgIpc) is 2.45. The molecule has 2 aromatic rings. The molecule has 1 amide bonds. The third-order valence-corrected chi connectivity index (χ3v) is 2.88. The van der Waals surface area contributed by atoms with Crippen molar-refractivity contribution in [2.45, 2.75) is 0 Å². The molecule has 7 nitrogen and oxygen atoms in total. The minimum Gasteiger partial charge on any atom is -0.452 e. The van der Waals surface area contributed by atoms with E-state index in [1.54, 1.807) is 37.4 Å². The van der Waals surface area contributed by atoms with Gasteiger partial charge in [0.2, 0.25) is 5.95 Å². The van der Waals surface area contributed by atoms with Gasteiger partial charge in [-0.2, -0.15) is 4.98 Å². The summed E-state index contributed by atoms with van der Waals surface area (Å²) < 4.78 is 4.64. The molecule has 0 fully saturated rings. The van der Waals surface area contributed by atoms with Gasteiger partial charge in [0.05, 0.1) is 7.11 Å². The van der Waals surface area contributed by atoms with Crippen LogP contribution in [-0.2, 0) is 4.74 Å². The molecule has 0 aliphatic heterocycles. The lowest BCUT2D eigenvalue weighted by molar-refractivity contribution is 0.180. The normalized spacial score (nSPS) is 10.0. The minimum atomic E-state index is -0.439. The van der Waals surface area contributed by atoms with E-state index < -0.39 is 6.09 Å². The molecule has 0 radical (unpaired) electrons. The first kappa shape index (κ1) is 14.9. The second-order valence-corrected chi connectivity index (χ2v) is 4.52. The molecule has 0 saturated heterocycles. The van der Waals surface area contributed by atoms with Crippen molar-refractivity contribution in [3.8, 4) is 0 Å². The highest BCUT2D eigenvalue weighted by Gasteiger charge is 2.10. The standard InChI is InChI=1S/C13H14ClN5O2/c1-19(13(20)21-2)9-5-3-8(4-6-9)16-11-7-10(14)17-12(15)18-11/h3-7H,1-2H3,(H3,15,16,17,18). The van der Waals surface area contributed by atoms with Gasteiger partial charge in [0, 0.05) is 24.5 Å².